The van der Waals surface area contributed by atoms with Gasteiger partial charge in [-0.15, -0.1) is 0 Å². The third-order valence-electron chi connectivity index (χ3n) is 5.35. The lowest BCUT2D eigenvalue weighted by Gasteiger charge is -2.33. The summed E-state index contributed by atoms with van der Waals surface area (Å²) in [4.78, 5) is 23.4. The normalized spacial score (nSPS) is 16.9. The Bertz CT molecular complexity index is 1110. The predicted molar refractivity (Wildman–Crippen MR) is 123 cm³/mol. The number of morpholine rings is 1. The number of amides is 2. The number of hydrogen-bond acceptors (Lipinski definition) is 7. The summed E-state index contributed by atoms with van der Waals surface area (Å²) in [7, 11) is 1.57. The van der Waals surface area contributed by atoms with Crippen LogP contribution in [0.2, 0.25) is 0 Å². The van der Waals surface area contributed by atoms with Crippen molar-refractivity contribution in [3.63, 3.8) is 0 Å². The molecule has 170 valence electrons. The van der Waals surface area contributed by atoms with Crippen LogP contribution in [-0.4, -0.2) is 69.8 Å². The fourth-order valence-corrected chi connectivity index (χ4v) is 3.78. The van der Waals surface area contributed by atoms with E-state index in [4.69, 9.17) is 14.7 Å². The maximum absolute atomic E-state index is 11.6. The molecule has 1 saturated heterocycles. The van der Waals surface area contributed by atoms with Crippen molar-refractivity contribution in [2.45, 2.75) is 38.8 Å². The summed E-state index contributed by atoms with van der Waals surface area (Å²) in [6, 6.07) is 7.32. The van der Waals surface area contributed by atoms with Gasteiger partial charge in [-0.05, 0) is 32.9 Å². The fraction of sp³-hybridized carbons (Fsp3) is 0.455. The van der Waals surface area contributed by atoms with Crippen LogP contribution in [0.1, 0.15) is 26.5 Å². The maximum Gasteiger partial charge on any atom is 0.318 e. The van der Waals surface area contributed by atoms with Crippen LogP contribution in [0.15, 0.2) is 24.3 Å². The number of rotatable bonds is 5. The molecule has 10 heteroatoms. The van der Waals surface area contributed by atoms with E-state index in [1.165, 1.54) is 0 Å². The van der Waals surface area contributed by atoms with Crippen LogP contribution in [0, 0.1) is 0 Å². The molecule has 4 N–H and O–H groups in total. The topological polar surface area (TPSA) is 128 Å². The number of ether oxygens (including phenoxy) is 1. The standard InChI is InChI=1S/C22H29N7O3/c1-13-12-32-10-9-29(13)20-25-18(14-5-7-15(8-6-14)24-21(30)23-4)17-16(11-22(2,3)31)27-28-19(17)26-20/h5-8,13,31H,9-12H2,1-4H3,(H2,23,24,30)(H,25,26,27,28)/t13-/m0/s1. The molecule has 0 saturated carbocycles. The molecule has 1 fully saturated rings. The lowest BCUT2D eigenvalue weighted by Crippen LogP contribution is -2.44. The van der Waals surface area contributed by atoms with Gasteiger partial charge >= 0.3 is 6.03 Å². The molecule has 0 unspecified atom stereocenters. The molecule has 1 atom stereocenters. The van der Waals surface area contributed by atoms with Crippen molar-refractivity contribution >= 4 is 28.7 Å². The summed E-state index contributed by atoms with van der Waals surface area (Å²) < 4.78 is 5.56. The van der Waals surface area contributed by atoms with Crippen molar-refractivity contribution in [2.75, 3.05) is 37.0 Å². The molecule has 10 nitrogen and oxygen atoms in total. The Morgan fingerprint density at radius 3 is 2.72 bits per heavy atom. The summed E-state index contributed by atoms with van der Waals surface area (Å²) in [6.07, 6.45) is 0.354. The van der Waals surface area contributed by atoms with Gasteiger partial charge < -0.3 is 25.4 Å². The molecule has 1 aromatic carbocycles. The quantitative estimate of drug-likeness (QED) is 0.480. The number of fused-ring (bicyclic) bond motifs is 1. The van der Waals surface area contributed by atoms with Crippen LogP contribution < -0.4 is 15.5 Å². The monoisotopic (exact) mass is 439 g/mol. The van der Waals surface area contributed by atoms with Crippen LogP contribution >= 0.6 is 0 Å². The van der Waals surface area contributed by atoms with Gasteiger partial charge in [-0.2, -0.15) is 10.1 Å². The maximum atomic E-state index is 11.6. The van der Waals surface area contributed by atoms with Crippen LogP contribution in [-0.2, 0) is 11.2 Å². The number of aromatic nitrogens is 4. The first kappa shape index (κ1) is 22.0. The Labute approximate surface area is 186 Å². The van der Waals surface area contributed by atoms with E-state index in [1.54, 1.807) is 20.9 Å². The van der Waals surface area contributed by atoms with Crippen LogP contribution in [0.3, 0.4) is 0 Å². The summed E-state index contributed by atoms with van der Waals surface area (Å²) >= 11 is 0. The van der Waals surface area contributed by atoms with E-state index in [0.29, 0.717) is 49.2 Å². The van der Waals surface area contributed by atoms with Gasteiger partial charge in [-0.1, -0.05) is 12.1 Å². The number of anilines is 2. The highest BCUT2D eigenvalue weighted by Crippen LogP contribution is 2.32. The lowest BCUT2D eigenvalue weighted by molar-refractivity contribution is 0.0802. The summed E-state index contributed by atoms with van der Waals surface area (Å²) in [6.45, 7) is 7.51. The SMILES string of the molecule is CNC(=O)Nc1ccc(-c2nc(N3CCOC[C@@H]3C)nc3[nH]nc(CC(C)(C)O)c23)cc1. The number of carbonyl (C=O) groups is 1. The highest BCUT2D eigenvalue weighted by molar-refractivity contribution is 5.94. The summed E-state index contributed by atoms with van der Waals surface area (Å²) in [5, 5.41) is 23.9. The lowest BCUT2D eigenvalue weighted by atomic mass is 9.99. The van der Waals surface area contributed by atoms with Crippen LogP contribution in [0.25, 0.3) is 22.3 Å². The van der Waals surface area contributed by atoms with Gasteiger partial charge in [0.15, 0.2) is 5.65 Å². The minimum Gasteiger partial charge on any atom is -0.390 e. The highest BCUT2D eigenvalue weighted by Gasteiger charge is 2.26. The predicted octanol–water partition coefficient (Wildman–Crippen LogP) is 2.31. The second-order valence-electron chi connectivity index (χ2n) is 8.65. The average Bonchev–Trinajstić information content (AvgIpc) is 3.15. The molecular formula is C22H29N7O3. The van der Waals surface area contributed by atoms with Crippen LogP contribution in [0.4, 0.5) is 16.4 Å². The number of nitrogens with zero attached hydrogens (tertiary/aromatic N) is 4. The first-order chi connectivity index (χ1) is 15.2. The molecular weight excluding hydrogens is 410 g/mol. The molecule has 0 radical (unpaired) electrons. The Morgan fingerprint density at radius 1 is 1.31 bits per heavy atom. The second kappa shape index (κ2) is 8.71. The minimum absolute atomic E-state index is 0.145. The van der Waals surface area contributed by atoms with Crippen molar-refractivity contribution in [1.29, 1.82) is 0 Å². The van der Waals surface area contributed by atoms with Crippen LogP contribution in [0.5, 0.6) is 0 Å². The van der Waals surface area contributed by atoms with Gasteiger partial charge in [0.2, 0.25) is 5.95 Å². The first-order valence-electron chi connectivity index (χ1n) is 10.7. The zero-order valence-corrected chi connectivity index (χ0v) is 18.8. The Balaban J connectivity index is 1.81. The van der Waals surface area contributed by atoms with Crippen molar-refractivity contribution in [3.05, 3.63) is 30.0 Å². The van der Waals surface area contributed by atoms with Crippen molar-refractivity contribution in [1.82, 2.24) is 25.5 Å². The molecule has 0 aliphatic carbocycles. The van der Waals surface area contributed by atoms with E-state index in [0.717, 1.165) is 16.6 Å². The van der Waals surface area contributed by atoms with E-state index in [-0.39, 0.29) is 12.1 Å². The molecule has 4 rings (SSSR count). The van der Waals surface area contributed by atoms with E-state index >= 15 is 0 Å². The largest absolute Gasteiger partial charge is 0.390 e. The number of aromatic amines is 1. The molecule has 32 heavy (non-hydrogen) atoms. The molecule has 3 heterocycles. The number of carbonyl (C=O) groups excluding carboxylic acids is 1. The molecule has 1 aliphatic rings. The summed E-state index contributed by atoms with van der Waals surface area (Å²) in [5.74, 6) is 0.606. The van der Waals surface area contributed by atoms with E-state index in [1.807, 2.05) is 24.3 Å². The van der Waals surface area contributed by atoms with E-state index in [9.17, 15) is 9.90 Å². The van der Waals surface area contributed by atoms with E-state index < -0.39 is 5.60 Å². The second-order valence-corrected chi connectivity index (χ2v) is 8.65. The molecule has 0 bridgehead atoms. The fourth-order valence-electron chi connectivity index (χ4n) is 3.78. The average molecular weight is 440 g/mol. The molecule has 2 amide bonds. The number of benzene rings is 1. The number of urea groups is 1. The highest BCUT2D eigenvalue weighted by atomic mass is 16.5. The number of H-pyrrole nitrogens is 1. The molecule has 3 aromatic rings. The molecule has 2 aromatic heterocycles. The molecule has 0 spiro atoms. The Hall–Kier alpha value is -3.24. The first-order valence-corrected chi connectivity index (χ1v) is 10.7. The number of aliphatic hydroxyl groups is 1. The van der Waals surface area contributed by atoms with Gasteiger partial charge in [-0.3, -0.25) is 5.10 Å². The number of nitrogens with one attached hydrogen (secondary N) is 3. The van der Waals surface area contributed by atoms with Crippen molar-refractivity contribution in [3.8, 4) is 11.3 Å². The summed E-state index contributed by atoms with van der Waals surface area (Å²) in [5.41, 5.74) is 2.65. The Morgan fingerprint density at radius 2 is 2.06 bits per heavy atom. The van der Waals surface area contributed by atoms with Gasteiger partial charge in [0.25, 0.3) is 0 Å². The minimum atomic E-state index is -0.932. The van der Waals surface area contributed by atoms with E-state index in [2.05, 4.69) is 32.7 Å². The molecule has 1 aliphatic heterocycles. The van der Waals surface area contributed by atoms with Crippen molar-refractivity contribution in [2.24, 2.45) is 0 Å². The van der Waals surface area contributed by atoms with Gasteiger partial charge in [0.05, 0.1) is 41.6 Å². The Kier molecular flexibility index (Phi) is 5.98. The van der Waals surface area contributed by atoms with Crippen molar-refractivity contribution < 1.29 is 14.6 Å². The van der Waals surface area contributed by atoms with Gasteiger partial charge in [0.1, 0.15) is 0 Å². The third-order valence-corrected chi connectivity index (χ3v) is 5.35. The smallest absolute Gasteiger partial charge is 0.318 e. The van der Waals surface area contributed by atoms with Gasteiger partial charge in [0, 0.05) is 31.3 Å². The van der Waals surface area contributed by atoms with Gasteiger partial charge in [-0.25, -0.2) is 9.78 Å². The zero-order valence-electron chi connectivity index (χ0n) is 18.8. The third kappa shape index (κ3) is 4.66. The number of hydrogen-bond donors (Lipinski definition) is 4. The zero-order chi connectivity index (χ0) is 22.9.